The Hall–Kier alpha value is -0.520. The molecule has 0 amide bonds. The molecule has 0 aromatic heterocycles. The van der Waals surface area contributed by atoms with Crippen molar-refractivity contribution in [1.82, 2.24) is 0 Å². The van der Waals surface area contributed by atoms with Crippen LogP contribution in [0.15, 0.2) is 23.8 Å². The van der Waals surface area contributed by atoms with Crippen LogP contribution in [0, 0.1) is 5.92 Å². The van der Waals surface area contributed by atoms with Crippen LogP contribution in [0.25, 0.3) is 0 Å². The summed E-state index contributed by atoms with van der Waals surface area (Å²) in [6, 6.07) is 0. The van der Waals surface area contributed by atoms with Gasteiger partial charge in [-0.05, 0) is 25.7 Å². The first kappa shape index (κ1) is 10.5. The molecule has 0 aliphatic heterocycles. The van der Waals surface area contributed by atoms with E-state index in [0.717, 1.165) is 12.3 Å². The minimum Gasteiger partial charge on any atom is -0.0840 e. The molecule has 0 bridgehead atoms. The van der Waals surface area contributed by atoms with Crippen molar-refractivity contribution in [2.24, 2.45) is 5.92 Å². The van der Waals surface area contributed by atoms with Crippen LogP contribution in [-0.4, -0.2) is 0 Å². The summed E-state index contributed by atoms with van der Waals surface area (Å²) in [6.45, 7) is 8.80. The van der Waals surface area contributed by atoms with Gasteiger partial charge in [-0.3, -0.25) is 0 Å². The second-order valence-electron chi connectivity index (χ2n) is 3.39. The zero-order valence-electron chi connectivity index (χ0n) is 8.22. The summed E-state index contributed by atoms with van der Waals surface area (Å²) in [7, 11) is 0. The lowest BCUT2D eigenvalue weighted by Crippen LogP contribution is -1.81. The first-order chi connectivity index (χ1) is 5.16. The van der Waals surface area contributed by atoms with Crippen LogP contribution in [0.2, 0.25) is 0 Å². The third kappa shape index (κ3) is 7.38. The minimum absolute atomic E-state index is 0.778. The van der Waals surface area contributed by atoms with Crippen molar-refractivity contribution >= 4 is 0 Å². The molecule has 0 aromatic carbocycles. The topological polar surface area (TPSA) is 0 Å². The molecular weight excluding hydrogens is 132 g/mol. The maximum absolute atomic E-state index is 2.26. The van der Waals surface area contributed by atoms with Gasteiger partial charge < -0.3 is 0 Å². The molecule has 0 aromatic rings. The van der Waals surface area contributed by atoms with E-state index < -0.39 is 0 Å². The molecule has 0 rings (SSSR count). The zero-order valence-corrected chi connectivity index (χ0v) is 8.22. The van der Waals surface area contributed by atoms with Crippen molar-refractivity contribution in [2.45, 2.75) is 40.5 Å². The highest BCUT2D eigenvalue weighted by Crippen LogP contribution is 2.03. The zero-order chi connectivity index (χ0) is 8.69. The molecule has 0 aliphatic carbocycles. The Kier molecular flexibility index (Phi) is 5.91. The largest absolute Gasteiger partial charge is 0.0840 e. The van der Waals surface area contributed by atoms with Crippen molar-refractivity contribution in [3.8, 4) is 0 Å². The van der Waals surface area contributed by atoms with Gasteiger partial charge in [0.1, 0.15) is 0 Å². The Bertz CT molecular complexity index is 138. The van der Waals surface area contributed by atoms with Gasteiger partial charge in [0.2, 0.25) is 0 Å². The fourth-order valence-electron chi connectivity index (χ4n) is 0.916. The van der Waals surface area contributed by atoms with Crippen LogP contribution in [0.4, 0.5) is 0 Å². The lowest BCUT2D eigenvalue weighted by Gasteiger charge is -1.96. The second kappa shape index (κ2) is 6.21. The Morgan fingerprint density at radius 1 is 1.36 bits per heavy atom. The third-order valence-corrected chi connectivity index (χ3v) is 1.51. The molecule has 0 saturated carbocycles. The monoisotopic (exact) mass is 152 g/mol. The van der Waals surface area contributed by atoms with Crippen molar-refractivity contribution in [3.63, 3.8) is 0 Å². The fraction of sp³-hybridized carbons (Fsp3) is 0.636. The highest BCUT2D eigenvalue weighted by molar-refractivity contribution is 5.15. The molecule has 0 nitrogen and oxygen atoms in total. The Labute approximate surface area is 71.0 Å². The van der Waals surface area contributed by atoms with Gasteiger partial charge in [0.25, 0.3) is 0 Å². The minimum atomic E-state index is 0.778. The van der Waals surface area contributed by atoms with Crippen molar-refractivity contribution in [2.75, 3.05) is 0 Å². The van der Waals surface area contributed by atoms with Crippen LogP contribution in [0.3, 0.4) is 0 Å². The van der Waals surface area contributed by atoms with E-state index in [-0.39, 0.29) is 0 Å². The number of rotatable bonds is 4. The average molecular weight is 152 g/mol. The molecule has 0 heteroatoms. The Balaban J connectivity index is 3.65. The SMILES string of the molecule is CCC=C(C)C=CCC(C)C. The van der Waals surface area contributed by atoms with E-state index in [1.165, 1.54) is 12.0 Å². The molecule has 0 saturated heterocycles. The van der Waals surface area contributed by atoms with Gasteiger partial charge in [-0.2, -0.15) is 0 Å². The van der Waals surface area contributed by atoms with Gasteiger partial charge in [0.05, 0.1) is 0 Å². The Morgan fingerprint density at radius 2 is 2.00 bits per heavy atom. The van der Waals surface area contributed by atoms with E-state index in [4.69, 9.17) is 0 Å². The lowest BCUT2D eigenvalue weighted by molar-refractivity contribution is 0.663. The number of hydrogen-bond donors (Lipinski definition) is 0. The van der Waals surface area contributed by atoms with Gasteiger partial charge >= 0.3 is 0 Å². The normalized spacial score (nSPS) is 13.4. The maximum Gasteiger partial charge on any atom is -0.0324 e. The van der Waals surface area contributed by atoms with Gasteiger partial charge in [-0.1, -0.05) is 44.6 Å². The second-order valence-corrected chi connectivity index (χ2v) is 3.39. The third-order valence-electron chi connectivity index (χ3n) is 1.51. The van der Waals surface area contributed by atoms with Crippen LogP contribution in [0.5, 0.6) is 0 Å². The van der Waals surface area contributed by atoms with Gasteiger partial charge in [0.15, 0.2) is 0 Å². The molecule has 0 N–H and O–H groups in total. The lowest BCUT2D eigenvalue weighted by atomic mass is 10.1. The molecule has 0 radical (unpaired) electrons. The van der Waals surface area contributed by atoms with Crippen LogP contribution in [-0.2, 0) is 0 Å². The highest BCUT2D eigenvalue weighted by Gasteiger charge is 1.86. The summed E-state index contributed by atoms with van der Waals surface area (Å²) in [5, 5.41) is 0. The summed E-state index contributed by atoms with van der Waals surface area (Å²) < 4.78 is 0. The molecule has 0 fully saturated rings. The molecule has 11 heavy (non-hydrogen) atoms. The smallest absolute Gasteiger partial charge is 0.0324 e. The summed E-state index contributed by atoms with van der Waals surface area (Å²) >= 11 is 0. The van der Waals surface area contributed by atoms with E-state index in [9.17, 15) is 0 Å². The van der Waals surface area contributed by atoms with E-state index in [2.05, 4.69) is 45.9 Å². The maximum atomic E-state index is 2.26. The first-order valence-corrected chi connectivity index (χ1v) is 4.50. The predicted octanol–water partition coefficient (Wildman–Crippen LogP) is 3.95. The molecule has 0 spiro atoms. The molecular formula is C11H20. The van der Waals surface area contributed by atoms with Gasteiger partial charge in [-0.25, -0.2) is 0 Å². The molecule has 0 atom stereocenters. The summed E-state index contributed by atoms with van der Waals surface area (Å²) in [6.07, 6.45) is 9.04. The summed E-state index contributed by atoms with van der Waals surface area (Å²) in [5.41, 5.74) is 1.38. The van der Waals surface area contributed by atoms with Crippen molar-refractivity contribution in [1.29, 1.82) is 0 Å². The Morgan fingerprint density at radius 3 is 2.45 bits per heavy atom. The number of hydrogen-bond acceptors (Lipinski definition) is 0. The quantitative estimate of drug-likeness (QED) is 0.535. The molecule has 0 unspecified atom stereocenters. The fourth-order valence-corrected chi connectivity index (χ4v) is 0.916. The van der Waals surface area contributed by atoms with Crippen molar-refractivity contribution < 1.29 is 0 Å². The first-order valence-electron chi connectivity index (χ1n) is 4.50. The summed E-state index contributed by atoms with van der Waals surface area (Å²) in [4.78, 5) is 0. The average Bonchev–Trinajstić information content (AvgIpc) is 1.87. The van der Waals surface area contributed by atoms with Crippen LogP contribution >= 0.6 is 0 Å². The van der Waals surface area contributed by atoms with E-state index in [1.54, 1.807) is 0 Å². The predicted molar refractivity (Wildman–Crippen MR) is 52.6 cm³/mol. The van der Waals surface area contributed by atoms with E-state index >= 15 is 0 Å². The highest BCUT2D eigenvalue weighted by atomic mass is 13.9. The van der Waals surface area contributed by atoms with Gasteiger partial charge in [-0.15, -0.1) is 0 Å². The standard InChI is InChI=1S/C11H20/c1-5-7-11(4)9-6-8-10(2)3/h6-7,9-10H,5,8H2,1-4H3. The van der Waals surface area contributed by atoms with Gasteiger partial charge in [0, 0.05) is 0 Å². The summed E-state index contributed by atoms with van der Waals surface area (Å²) in [5.74, 6) is 0.778. The molecule has 64 valence electrons. The van der Waals surface area contributed by atoms with Crippen LogP contribution in [0.1, 0.15) is 40.5 Å². The van der Waals surface area contributed by atoms with Crippen molar-refractivity contribution in [3.05, 3.63) is 23.8 Å². The van der Waals surface area contributed by atoms with E-state index in [1.807, 2.05) is 0 Å². The van der Waals surface area contributed by atoms with E-state index in [0.29, 0.717) is 0 Å². The number of allylic oxidation sites excluding steroid dienone is 4. The van der Waals surface area contributed by atoms with Crippen LogP contribution < -0.4 is 0 Å². The molecule has 0 aliphatic rings. The molecule has 0 heterocycles.